The molecule has 0 aliphatic heterocycles. The van der Waals surface area contributed by atoms with Crippen molar-refractivity contribution in [3.05, 3.63) is 0 Å². The van der Waals surface area contributed by atoms with Gasteiger partial charge < -0.3 is 5.73 Å². The Bertz CT molecular complexity index is 182. The molecule has 2 N–H and O–H groups in total. The summed E-state index contributed by atoms with van der Waals surface area (Å²) in [6.07, 6.45) is 11.7. The van der Waals surface area contributed by atoms with Gasteiger partial charge in [-0.15, -0.1) is 0 Å². The first-order valence-electron chi connectivity index (χ1n) is 7.05. The van der Waals surface area contributed by atoms with E-state index in [0.29, 0.717) is 0 Å². The second-order valence-corrected chi connectivity index (χ2v) is 5.78. The summed E-state index contributed by atoms with van der Waals surface area (Å²) in [5, 5.41) is 0. The molecular weight excluding hydrogens is 182 g/mol. The standard InChI is InChI=1S/C14H27N/c1-2-11-6-8-12(9-7-11)14-5-3-4-13(14)10-15/h11-14H,2-10,15H2,1H3. The molecule has 0 saturated heterocycles. The molecule has 15 heavy (non-hydrogen) atoms. The lowest BCUT2D eigenvalue weighted by molar-refractivity contribution is 0.171. The van der Waals surface area contributed by atoms with Gasteiger partial charge in [-0.2, -0.15) is 0 Å². The van der Waals surface area contributed by atoms with E-state index in [4.69, 9.17) is 5.73 Å². The van der Waals surface area contributed by atoms with Crippen LogP contribution < -0.4 is 5.73 Å². The van der Waals surface area contributed by atoms with E-state index in [1.165, 1.54) is 51.4 Å². The SMILES string of the molecule is CCC1CCC(C2CCCC2CN)CC1. The van der Waals surface area contributed by atoms with Crippen molar-refractivity contribution in [1.29, 1.82) is 0 Å². The van der Waals surface area contributed by atoms with E-state index in [1.807, 2.05) is 0 Å². The highest BCUT2D eigenvalue weighted by atomic mass is 14.6. The Morgan fingerprint density at radius 1 is 1.00 bits per heavy atom. The molecule has 2 atom stereocenters. The normalized spacial score (nSPS) is 42.0. The predicted molar refractivity (Wildman–Crippen MR) is 65.6 cm³/mol. The van der Waals surface area contributed by atoms with Crippen LogP contribution in [0.5, 0.6) is 0 Å². The second-order valence-electron chi connectivity index (χ2n) is 5.78. The molecule has 0 heterocycles. The summed E-state index contributed by atoms with van der Waals surface area (Å²) < 4.78 is 0. The molecule has 0 bridgehead atoms. The van der Waals surface area contributed by atoms with Crippen LogP contribution in [0.15, 0.2) is 0 Å². The van der Waals surface area contributed by atoms with Crippen LogP contribution in [-0.2, 0) is 0 Å². The van der Waals surface area contributed by atoms with Gasteiger partial charge in [0.2, 0.25) is 0 Å². The van der Waals surface area contributed by atoms with Gasteiger partial charge in [0.15, 0.2) is 0 Å². The van der Waals surface area contributed by atoms with Crippen LogP contribution >= 0.6 is 0 Å². The van der Waals surface area contributed by atoms with E-state index in [9.17, 15) is 0 Å². The first-order chi connectivity index (χ1) is 7.35. The highest BCUT2D eigenvalue weighted by Crippen LogP contribution is 2.44. The third-order valence-electron chi connectivity index (χ3n) is 5.09. The fourth-order valence-electron chi connectivity index (χ4n) is 4.00. The van der Waals surface area contributed by atoms with E-state index >= 15 is 0 Å². The van der Waals surface area contributed by atoms with Crippen molar-refractivity contribution >= 4 is 0 Å². The molecule has 2 unspecified atom stereocenters. The number of rotatable bonds is 3. The number of nitrogens with two attached hydrogens (primary N) is 1. The summed E-state index contributed by atoms with van der Waals surface area (Å²) in [4.78, 5) is 0. The van der Waals surface area contributed by atoms with E-state index in [-0.39, 0.29) is 0 Å². The zero-order valence-electron chi connectivity index (χ0n) is 10.3. The van der Waals surface area contributed by atoms with Crippen molar-refractivity contribution in [3.63, 3.8) is 0 Å². The molecule has 0 aromatic rings. The Balaban J connectivity index is 1.84. The molecule has 2 rings (SSSR count). The summed E-state index contributed by atoms with van der Waals surface area (Å²) in [7, 11) is 0. The minimum Gasteiger partial charge on any atom is -0.330 e. The van der Waals surface area contributed by atoms with Gasteiger partial charge in [-0.1, -0.05) is 32.6 Å². The van der Waals surface area contributed by atoms with Gasteiger partial charge >= 0.3 is 0 Å². The fourth-order valence-corrected chi connectivity index (χ4v) is 4.00. The first kappa shape index (κ1) is 11.4. The average molecular weight is 209 g/mol. The van der Waals surface area contributed by atoms with Crippen LogP contribution in [0, 0.1) is 23.7 Å². The van der Waals surface area contributed by atoms with Gasteiger partial charge in [0.1, 0.15) is 0 Å². The molecule has 2 saturated carbocycles. The van der Waals surface area contributed by atoms with Gasteiger partial charge in [-0.3, -0.25) is 0 Å². The molecule has 2 fully saturated rings. The maximum Gasteiger partial charge on any atom is -0.00461 e. The summed E-state index contributed by atoms with van der Waals surface area (Å²) >= 11 is 0. The maximum atomic E-state index is 5.88. The zero-order chi connectivity index (χ0) is 10.7. The Labute approximate surface area is 94.8 Å². The zero-order valence-corrected chi connectivity index (χ0v) is 10.3. The van der Waals surface area contributed by atoms with Crippen molar-refractivity contribution in [2.75, 3.05) is 6.54 Å². The van der Waals surface area contributed by atoms with Gasteiger partial charge in [-0.05, 0) is 55.9 Å². The summed E-state index contributed by atoms with van der Waals surface area (Å²) in [5.74, 6) is 3.93. The predicted octanol–water partition coefficient (Wildman–Crippen LogP) is 3.58. The fraction of sp³-hybridized carbons (Fsp3) is 1.00. The molecule has 2 aliphatic rings. The molecular formula is C14H27N. The van der Waals surface area contributed by atoms with Crippen molar-refractivity contribution in [2.24, 2.45) is 29.4 Å². The Hall–Kier alpha value is -0.0400. The van der Waals surface area contributed by atoms with Crippen molar-refractivity contribution < 1.29 is 0 Å². The van der Waals surface area contributed by atoms with E-state index in [0.717, 1.165) is 30.2 Å². The van der Waals surface area contributed by atoms with Gasteiger partial charge in [0, 0.05) is 0 Å². The molecule has 0 amide bonds. The van der Waals surface area contributed by atoms with Crippen LogP contribution in [0.3, 0.4) is 0 Å². The minimum absolute atomic E-state index is 0.869. The topological polar surface area (TPSA) is 26.0 Å². The van der Waals surface area contributed by atoms with Gasteiger partial charge in [0.05, 0.1) is 0 Å². The lowest BCUT2D eigenvalue weighted by Crippen LogP contribution is -2.28. The Morgan fingerprint density at radius 3 is 2.33 bits per heavy atom. The number of hydrogen-bond acceptors (Lipinski definition) is 1. The lowest BCUT2D eigenvalue weighted by Gasteiger charge is -2.34. The second kappa shape index (κ2) is 5.34. The molecule has 88 valence electrons. The minimum atomic E-state index is 0.869. The van der Waals surface area contributed by atoms with Crippen LogP contribution in [0.4, 0.5) is 0 Å². The highest BCUT2D eigenvalue weighted by Gasteiger charge is 2.34. The summed E-state index contributed by atoms with van der Waals surface area (Å²) in [6.45, 7) is 3.29. The molecule has 0 radical (unpaired) electrons. The van der Waals surface area contributed by atoms with Crippen LogP contribution in [0.2, 0.25) is 0 Å². The van der Waals surface area contributed by atoms with Crippen molar-refractivity contribution in [3.8, 4) is 0 Å². The van der Waals surface area contributed by atoms with Crippen LogP contribution in [0.25, 0.3) is 0 Å². The smallest absolute Gasteiger partial charge is 0.00461 e. The third kappa shape index (κ3) is 2.55. The van der Waals surface area contributed by atoms with E-state index in [2.05, 4.69) is 6.92 Å². The average Bonchev–Trinajstić information content (AvgIpc) is 2.77. The van der Waals surface area contributed by atoms with Crippen LogP contribution in [-0.4, -0.2) is 6.54 Å². The van der Waals surface area contributed by atoms with Gasteiger partial charge in [0.25, 0.3) is 0 Å². The summed E-state index contributed by atoms with van der Waals surface area (Å²) in [5.41, 5.74) is 5.88. The molecule has 0 aromatic heterocycles. The number of hydrogen-bond donors (Lipinski definition) is 1. The van der Waals surface area contributed by atoms with Crippen LogP contribution in [0.1, 0.15) is 58.3 Å². The monoisotopic (exact) mass is 209 g/mol. The first-order valence-corrected chi connectivity index (χ1v) is 7.05. The molecule has 1 nitrogen and oxygen atoms in total. The Kier molecular flexibility index (Phi) is 4.07. The van der Waals surface area contributed by atoms with Crippen molar-refractivity contribution in [1.82, 2.24) is 0 Å². The lowest BCUT2D eigenvalue weighted by atomic mass is 9.72. The molecule has 0 spiro atoms. The van der Waals surface area contributed by atoms with E-state index < -0.39 is 0 Å². The maximum absolute atomic E-state index is 5.88. The van der Waals surface area contributed by atoms with Crippen molar-refractivity contribution in [2.45, 2.75) is 58.3 Å². The molecule has 0 aromatic carbocycles. The van der Waals surface area contributed by atoms with E-state index in [1.54, 1.807) is 0 Å². The Morgan fingerprint density at radius 2 is 1.73 bits per heavy atom. The molecule has 2 aliphatic carbocycles. The highest BCUT2D eigenvalue weighted by molar-refractivity contribution is 4.86. The summed E-state index contributed by atoms with van der Waals surface area (Å²) in [6, 6.07) is 0. The largest absolute Gasteiger partial charge is 0.330 e. The molecule has 1 heteroatoms. The van der Waals surface area contributed by atoms with Gasteiger partial charge in [-0.25, -0.2) is 0 Å². The third-order valence-corrected chi connectivity index (χ3v) is 5.09. The quantitative estimate of drug-likeness (QED) is 0.755.